The second-order valence-corrected chi connectivity index (χ2v) is 6.01. The molecule has 0 aliphatic heterocycles. The van der Waals surface area contributed by atoms with Gasteiger partial charge in [-0.1, -0.05) is 25.7 Å². The van der Waals surface area contributed by atoms with Crippen molar-refractivity contribution in [1.29, 1.82) is 5.26 Å². The standard InChI is InChI=1S/C14H26N2S/c1-13(7-10-15)16(2)11-14(12-17)8-5-3-4-6-9-14/h13,17H,3-9,11-12H2,1-2H3. The molecule has 0 saturated heterocycles. The first-order valence-electron chi connectivity index (χ1n) is 6.81. The fourth-order valence-corrected chi connectivity index (χ4v) is 3.23. The van der Waals surface area contributed by atoms with Crippen LogP contribution in [0.1, 0.15) is 51.9 Å². The van der Waals surface area contributed by atoms with Crippen molar-refractivity contribution in [2.75, 3.05) is 19.3 Å². The van der Waals surface area contributed by atoms with Crippen LogP contribution in [0.4, 0.5) is 0 Å². The van der Waals surface area contributed by atoms with Crippen molar-refractivity contribution in [3.63, 3.8) is 0 Å². The molecule has 1 saturated carbocycles. The summed E-state index contributed by atoms with van der Waals surface area (Å²) in [4.78, 5) is 2.35. The summed E-state index contributed by atoms with van der Waals surface area (Å²) in [6.45, 7) is 3.24. The molecule has 1 aliphatic carbocycles. The number of hydrogen-bond acceptors (Lipinski definition) is 3. The molecule has 0 radical (unpaired) electrons. The third kappa shape index (κ3) is 4.52. The van der Waals surface area contributed by atoms with Crippen molar-refractivity contribution in [1.82, 2.24) is 4.90 Å². The molecular formula is C14H26N2S. The van der Waals surface area contributed by atoms with Crippen LogP contribution < -0.4 is 0 Å². The summed E-state index contributed by atoms with van der Waals surface area (Å²) in [7, 11) is 2.15. The minimum absolute atomic E-state index is 0.361. The summed E-state index contributed by atoms with van der Waals surface area (Å²) in [6, 6.07) is 2.63. The molecule has 0 N–H and O–H groups in total. The zero-order chi connectivity index (χ0) is 12.7. The lowest BCUT2D eigenvalue weighted by atomic mass is 9.81. The minimum Gasteiger partial charge on any atom is -0.302 e. The molecule has 1 rings (SSSR count). The van der Waals surface area contributed by atoms with Crippen LogP contribution in [0.5, 0.6) is 0 Å². The summed E-state index contributed by atoms with van der Waals surface area (Å²) in [6.07, 6.45) is 8.70. The van der Waals surface area contributed by atoms with Crippen LogP contribution in [-0.2, 0) is 0 Å². The smallest absolute Gasteiger partial charge is 0.0638 e. The van der Waals surface area contributed by atoms with Gasteiger partial charge in [-0.15, -0.1) is 0 Å². The summed E-state index contributed by atoms with van der Waals surface area (Å²) >= 11 is 4.60. The van der Waals surface area contributed by atoms with E-state index in [4.69, 9.17) is 5.26 Å². The van der Waals surface area contributed by atoms with E-state index in [2.05, 4.69) is 37.6 Å². The van der Waals surface area contributed by atoms with Gasteiger partial charge in [-0.25, -0.2) is 0 Å². The van der Waals surface area contributed by atoms with Gasteiger partial charge in [-0.2, -0.15) is 17.9 Å². The average molecular weight is 254 g/mol. The minimum atomic E-state index is 0.361. The number of thiol groups is 1. The number of nitrogens with zero attached hydrogens (tertiary/aromatic N) is 2. The topological polar surface area (TPSA) is 27.0 Å². The first kappa shape index (κ1) is 14.9. The van der Waals surface area contributed by atoms with Gasteiger partial charge >= 0.3 is 0 Å². The Morgan fingerprint density at radius 3 is 2.35 bits per heavy atom. The second-order valence-electron chi connectivity index (χ2n) is 5.70. The Morgan fingerprint density at radius 1 is 1.29 bits per heavy atom. The van der Waals surface area contributed by atoms with Gasteiger partial charge in [0.15, 0.2) is 0 Å². The molecule has 0 heterocycles. The highest BCUT2D eigenvalue weighted by atomic mass is 32.1. The second kappa shape index (κ2) is 7.28. The molecule has 17 heavy (non-hydrogen) atoms. The van der Waals surface area contributed by atoms with Gasteiger partial charge in [-0.05, 0) is 38.0 Å². The van der Waals surface area contributed by atoms with Crippen LogP contribution >= 0.6 is 12.6 Å². The average Bonchev–Trinajstić information content (AvgIpc) is 2.55. The lowest BCUT2D eigenvalue weighted by Gasteiger charge is -2.37. The lowest BCUT2D eigenvalue weighted by molar-refractivity contribution is 0.144. The van der Waals surface area contributed by atoms with E-state index in [1.54, 1.807) is 0 Å². The monoisotopic (exact) mass is 254 g/mol. The lowest BCUT2D eigenvalue weighted by Crippen LogP contribution is -2.41. The third-order valence-corrected chi connectivity index (χ3v) is 4.89. The van der Waals surface area contributed by atoms with Crippen LogP contribution in [0.3, 0.4) is 0 Å². The predicted molar refractivity (Wildman–Crippen MR) is 76.3 cm³/mol. The van der Waals surface area contributed by atoms with E-state index in [-0.39, 0.29) is 0 Å². The molecule has 3 heteroatoms. The van der Waals surface area contributed by atoms with E-state index in [9.17, 15) is 0 Å². The summed E-state index contributed by atoms with van der Waals surface area (Å²) in [5.74, 6) is 0.983. The molecule has 0 amide bonds. The summed E-state index contributed by atoms with van der Waals surface area (Å²) in [5, 5.41) is 8.77. The van der Waals surface area contributed by atoms with E-state index >= 15 is 0 Å². The zero-order valence-corrected chi connectivity index (χ0v) is 12.2. The van der Waals surface area contributed by atoms with Crippen molar-refractivity contribution < 1.29 is 0 Å². The third-order valence-electron chi connectivity index (χ3n) is 4.22. The van der Waals surface area contributed by atoms with E-state index in [0.717, 1.165) is 12.3 Å². The van der Waals surface area contributed by atoms with Crippen molar-refractivity contribution in [2.45, 2.75) is 57.9 Å². The molecule has 0 aromatic carbocycles. The number of hydrogen-bond donors (Lipinski definition) is 1. The van der Waals surface area contributed by atoms with E-state index in [0.29, 0.717) is 17.9 Å². The van der Waals surface area contributed by atoms with Crippen molar-refractivity contribution >= 4 is 12.6 Å². The molecular weight excluding hydrogens is 228 g/mol. The van der Waals surface area contributed by atoms with Crippen LogP contribution in [0, 0.1) is 16.7 Å². The molecule has 0 aromatic rings. The van der Waals surface area contributed by atoms with Gasteiger partial charge in [-0.3, -0.25) is 0 Å². The molecule has 1 aliphatic rings. The normalized spacial score (nSPS) is 21.8. The van der Waals surface area contributed by atoms with Gasteiger partial charge in [0, 0.05) is 12.6 Å². The Balaban J connectivity index is 2.57. The quantitative estimate of drug-likeness (QED) is 0.600. The van der Waals surface area contributed by atoms with Crippen LogP contribution in [0.25, 0.3) is 0 Å². The maximum Gasteiger partial charge on any atom is 0.0638 e. The van der Waals surface area contributed by atoms with Crippen molar-refractivity contribution in [2.24, 2.45) is 5.41 Å². The molecule has 98 valence electrons. The van der Waals surface area contributed by atoms with Gasteiger partial charge in [0.1, 0.15) is 0 Å². The molecule has 0 bridgehead atoms. The van der Waals surface area contributed by atoms with Crippen molar-refractivity contribution in [3.05, 3.63) is 0 Å². The van der Waals surface area contributed by atoms with Crippen LogP contribution in [-0.4, -0.2) is 30.3 Å². The zero-order valence-electron chi connectivity index (χ0n) is 11.3. The molecule has 0 aromatic heterocycles. The van der Waals surface area contributed by atoms with Gasteiger partial charge in [0.2, 0.25) is 0 Å². The highest BCUT2D eigenvalue weighted by Crippen LogP contribution is 2.37. The summed E-state index contributed by atoms with van der Waals surface area (Å²) < 4.78 is 0. The predicted octanol–water partition coefficient (Wildman–Crippen LogP) is 3.49. The fourth-order valence-electron chi connectivity index (χ4n) is 2.82. The highest BCUT2D eigenvalue weighted by molar-refractivity contribution is 7.80. The number of nitriles is 1. The Kier molecular flexibility index (Phi) is 6.37. The molecule has 0 spiro atoms. The Bertz CT molecular complexity index is 251. The van der Waals surface area contributed by atoms with Crippen molar-refractivity contribution in [3.8, 4) is 6.07 Å². The molecule has 2 nitrogen and oxygen atoms in total. The van der Waals surface area contributed by atoms with Gasteiger partial charge in [0.25, 0.3) is 0 Å². The largest absolute Gasteiger partial charge is 0.302 e. The molecule has 1 fully saturated rings. The molecule has 1 unspecified atom stereocenters. The Hall–Kier alpha value is -0.200. The number of rotatable bonds is 5. The maximum atomic E-state index is 8.77. The first-order chi connectivity index (χ1) is 8.13. The van der Waals surface area contributed by atoms with Crippen LogP contribution in [0.15, 0.2) is 0 Å². The van der Waals surface area contributed by atoms with E-state index in [1.165, 1.54) is 38.5 Å². The first-order valence-corrected chi connectivity index (χ1v) is 7.45. The SMILES string of the molecule is CC(CC#N)N(C)CC1(CS)CCCCCC1. The fraction of sp³-hybridized carbons (Fsp3) is 0.929. The summed E-state index contributed by atoms with van der Waals surface area (Å²) in [5.41, 5.74) is 0.387. The highest BCUT2D eigenvalue weighted by Gasteiger charge is 2.31. The van der Waals surface area contributed by atoms with E-state index < -0.39 is 0 Å². The maximum absolute atomic E-state index is 8.77. The Labute approximate surface area is 112 Å². The van der Waals surface area contributed by atoms with Crippen LogP contribution in [0.2, 0.25) is 0 Å². The van der Waals surface area contributed by atoms with Gasteiger partial charge in [0.05, 0.1) is 12.5 Å². The van der Waals surface area contributed by atoms with E-state index in [1.807, 2.05) is 0 Å². The Morgan fingerprint density at radius 2 is 1.88 bits per heavy atom. The molecule has 1 atom stereocenters. The van der Waals surface area contributed by atoms with Gasteiger partial charge < -0.3 is 4.90 Å².